The van der Waals surface area contributed by atoms with Crippen LogP contribution in [0.4, 0.5) is 19.0 Å². The van der Waals surface area contributed by atoms with Gasteiger partial charge in [-0.05, 0) is 44.9 Å². The first-order valence-electron chi connectivity index (χ1n) is 11.2. The van der Waals surface area contributed by atoms with Crippen LogP contribution in [-0.4, -0.2) is 42.3 Å². The Kier molecular flexibility index (Phi) is 4.51. The standard InChI is InChI=1S/C24H21F3N6O2/c1-11-3-6-18-21(14-5-4-13(24(25,26)27)7-19(14)35-18)33(11)23(34)15-8-17-16(9-29-15)31-22(28)20-12(2)30-10-32(17)20/h4-5,7-11,18,21H,3,6H2,1-2H3,(H2,28,31)/t11-,18?,21?/m1/s1. The molecule has 4 aromatic rings. The number of aryl methyl sites for hydroxylation is 1. The first-order chi connectivity index (χ1) is 16.6. The second-order valence-corrected chi connectivity index (χ2v) is 9.09. The Labute approximate surface area is 197 Å². The molecule has 180 valence electrons. The van der Waals surface area contributed by atoms with E-state index in [1.165, 1.54) is 12.3 Å². The Balaban J connectivity index is 1.43. The third-order valence-corrected chi connectivity index (χ3v) is 6.94. The van der Waals surface area contributed by atoms with Crippen LogP contribution in [0, 0.1) is 6.92 Å². The molecule has 0 aliphatic carbocycles. The quantitative estimate of drug-likeness (QED) is 0.434. The lowest BCUT2D eigenvalue weighted by molar-refractivity contribution is -0.137. The number of aromatic nitrogens is 4. The van der Waals surface area contributed by atoms with E-state index in [4.69, 9.17) is 10.5 Å². The number of nitrogens with two attached hydrogens (primary N) is 1. The number of imidazole rings is 1. The van der Waals surface area contributed by atoms with E-state index >= 15 is 0 Å². The van der Waals surface area contributed by atoms with Crippen LogP contribution in [0.2, 0.25) is 0 Å². The molecule has 0 bridgehead atoms. The van der Waals surface area contributed by atoms with Gasteiger partial charge in [0.2, 0.25) is 0 Å². The van der Waals surface area contributed by atoms with E-state index in [1.54, 1.807) is 21.7 Å². The molecule has 3 atom stereocenters. The highest BCUT2D eigenvalue weighted by molar-refractivity contribution is 5.96. The van der Waals surface area contributed by atoms with Gasteiger partial charge < -0.3 is 15.4 Å². The molecule has 6 rings (SSSR count). The van der Waals surface area contributed by atoms with Crippen LogP contribution in [0.1, 0.15) is 53.1 Å². The Hall–Kier alpha value is -3.89. The number of piperidine rings is 1. The molecule has 0 radical (unpaired) electrons. The summed E-state index contributed by atoms with van der Waals surface area (Å²) in [6.07, 6.45) is -0.484. The predicted octanol–water partition coefficient (Wildman–Crippen LogP) is 4.31. The van der Waals surface area contributed by atoms with Gasteiger partial charge in [-0.3, -0.25) is 9.20 Å². The van der Waals surface area contributed by atoms with E-state index in [0.29, 0.717) is 46.5 Å². The summed E-state index contributed by atoms with van der Waals surface area (Å²) in [4.78, 5) is 28.5. The summed E-state index contributed by atoms with van der Waals surface area (Å²) < 4.78 is 47.4. The van der Waals surface area contributed by atoms with Gasteiger partial charge in [-0.15, -0.1) is 0 Å². The van der Waals surface area contributed by atoms with Crippen molar-refractivity contribution >= 4 is 28.3 Å². The number of rotatable bonds is 1. The van der Waals surface area contributed by atoms with E-state index < -0.39 is 23.9 Å². The Morgan fingerprint density at radius 3 is 2.77 bits per heavy atom. The van der Waals surface area contributed by atoms with Gasteiger partial charge in [0.1, 0.15) is 34.9 Å². The van der Waals surface area contributed by atoms with Crippen molar-refractivity contribution in [2.24, 2.45) is 0 Å². The number of pyridine rings is 1. The number of alkyl halides is 3. The molecular weight excluding hydrogens is 461 g/mol. The van der Waals surface area contributed by atoms with Gasteiger partial charge in [0.25, 0.3) is 5.91 Å². The minimum absolute atomic E-state index is 0.154. The van der Waals surface area contributed by atoms with Crippen molar-refractivity contribution in [2.75, 3.05) is 5.73 Å². The molecule has 2 N–H and O–H groups in total. The zero-order valence-corrected chi connectivity index (χ0v) is 18.9. The van der Waals surface area contributed by atoms with Gasteiger partial charge >= 0.3 is 6.18 Å². The smallest absolute Gasteiger partial charge is 0.416 e. The van der Waals surface area contributed by atoms with Crippen molar-refractivity contribution < 1.29 is 22.7 Å². The maximum absolute atomic E-state index is 13.8. The van der Waals surface area contributed by atoms with E-state index in [2.05, 4.69) is 15.0 Å². The van der Waals surface area contributed by atoms with Crippen LogP contribution in [0.5, 0.6) is 5.75 Å². The topological polar surface area (TPSA) is 98.6 Å². The van der Waals surface area contributed by atoms with Crippen molar-refractivity contribution in [1.29, 1.82) is 0 Å². The van der Waals surface area contributed by atoms with Crippen molar-refractivity contribution in [3.8, 4) is 5.75 Å². The molecule has 11 heteroatoms. The first-order valence-corrected chi connectivity index (χ1v) is 11.2. The number of ether oxygens (including phenoxy) is 1. The Bertz CT molecular complexity index is 1510. The molecule has 0 spiro atoms. The summed E-state index contributed by atoms with van der Waals surface area (Å²) in [5.41, 5.74) is 8.60. The third-order valence-electron chi connectivity index (χ3n) is 6.94. The molecule has 35 heavy (non-hydrogen) atoms. The fraction of sp³-hybridized carbons (Fsp3) is 0.333. The number of hydrogen-bond donors (Lipinski definition) is 1. The average Bonchev–Trinajstić information content (AvgIpc) is 3.38. The summed E-state index contributed by atoms with van der Waals surface area (Å²) >= 11 is 0. The lowest BCUT2D eigenvalue weighted by atomic mass is 9.90. The van der Waals surface area contributed by atoms with Gasteiger partial charge in [-0.2, -0.15) is 13.2 Å². The highest BCUT2D eigenvalue weighted by Gasteiger charge is 2.47. The SMILES string of the molecule is Cc1ncn2c1c(N)nc1cnc(C(=O)N3C4c5ccc(C(F)(F)F)cc5OC4CC[C@H]3C)cc12. The monoisotopic (exact) mass is 482 g/mol. The highest BCUT2D eigenvalue weighted by Crippen LogP contribution is 2.48. The van der Waals surface area contributed by atoms with Crippen molar-refractivity contribution in [2.45, 2.75) is 51.1 Å². The number of likely N-dealkylation sites (tertiary alicyclic amines) is 1. The largest absolute Gasteiger partial charge is 0.488 e. The molecular formula is C24H21F3N6O2. The summed E-state index contributed by atoms with van der Waals surface area (Å²) in [6, 6.07) is 4.47. The van der Waals surface area contributed by atoms with Crippen LogP contribution in [0.3, 0.4) is 0 Å². The molecule has 1 amide bonds. The molecule has 0 saturated carbocycles. The molecule has 3 aromatic heterocycles. The molecule has 2 aliphatic heterocycles. The number of nitrogens with zero attached hydrogens (tertiary/aromatic N) is 5. The number of hydrogen-bond acceptors (Lipinski definition) is 6. The Morgan fingerprint density at radius 1 is 1.20 bits per heavy atom. The van der Waals surface area contributed by atoms with Crippen LogP contribution in [-0.2, 0) is 6.18 Å². The predicted molar refractivity (Wildman–Crippen MR) is 121 cm³/mol. The minimum atomic E-state index is -4.47. The van der Waals surface area contributed by atoms with E-state index in [0.717, 1.165) is 12.1 Å². The van der Waals surface area contributed by atoms with Crippen LogP contribution in [0.25, 0.3) is 16.6 Å². The lowest BCUT2D eigenvalue weighted by Crippen LogP contribution is -2.49. The molecule has 2 unspecified atom stereocenters. The summed E-state index contributed by atoms with van der Waals surface area (Å²) in [5, 5.41) is 0. The normalized spacial score (nSPS) is 21.7. The molecule has 5 heterocycles. The number of carbonyl (C=O) groups is 1. The van der Waals surface area contributed by atoms with Crippen LogP contribution >= 0.6 is 0 Å². The van der Waals surface area contributed by atoms with Crippen molar-refractivity contribution in [3.63, 3.8) is 0 Å². The second kappa shape index (κ2) is 7.30. The number of carbonyl (C=O) groups excluding carboxylic acids is 1. The van der Waals surface area contributed by atoms with Gasteiger partial charge in [-0.25, -0.2) is 15.0 Å². The number of amides is 1. The lowest BCUT2D eigenvalue weighted by Gasteiger charge is -2.41. The minimum Gasteiger partial charge on any atom is -0.488 e. The van der Waals surface area contributed by atoms with Crippen molar-refractivity contribution in [1.82, 2.24) is 24.3 Å². The van der Waals surface area contributed by atoms with Gasteiger partial charge in [0.15, 0.2) is 5.82 Å². The average molecular weight is 482 g/mol. The van der Waals surface area contributed by atoms with Gasteiger partial charge in [0.05, 0.1) is 29.0 Å². The van der Waals surface area contributed by atoms with Gasteiger partial charge in [-0.1, -0.05) is 6.07 Å². The van der Waals surface area contributed by atoms with E-state index in [1.807, 2.05) is 13.8 Å². The number of benzene rings is 1. The van der Waals surface area contributed by atoms with E-state index in [-0.39, 0.29) is 23.4 Å². The Morgan fingerprint density at radius 2 is 2.00 bits per heavy atom. The maximum Gasteiger partial charge on any atom is 0.416 e. The van der Waals surface area contributed by atoms with Gasteiger partial charge in [0, 0.05) is 11.6 Å². The van der Waals surface area contributed by atoms with E-state index in [9.17, 15) is 18.0 Å². The van der Waals surface area contributed by atoms with Crippen LogP contribution in [0.15, 0.2) is 36.8 Å². The third kappa shape index (κ3) is 3.21. The second-order valence-electron chi connectivity index (χ2n) is 9.09. The maximum atomic E-state index is 13.8. The number of halogens is 3. The zero-order chi connectivity index (χ0) is 24.6. The number of anilines is 1. The number of fused-ring (bicyclic) bond motifs is 6. The first kappa shape index (κ1) is 21.6. The summed E-state index contributed by atoms with van der Waals surface area (Å²) in [6.45, 7) is 3.75. The highest BCUT2D eigenvalue weighted by atomic mass is 19.4. The fourth-order valence-corrected chi connectivity index (χ4v) is 5.25. The zero-order valence-electron chi connectivity index (χ0n) is 18.9. The summed E-state index contributed by atoms with van der Waals surface area (Å²) in [7, 11) is 0. The molecule has 2 aliphatic rings. The molecule has 8 nitrogen and oxygen atoms in total. The molecule has 1 saturated heterocycles. The number of nitrogen functional groups attached to an aromatic ring is 1. The fourth-order valence-electron chi connectivity index (χ4n) is 5.25. The molecule has 1 fully saturated rings. The van der Waals surface area contributed by atoms with Crippen LogP contribution < -0.4 is 10.5 Å². The molecule has 1 aromatic carbocycles. The van der Waals surface area contributed by atoms with Crippen molar-refractivity contribution in [3.05, 3.63) is 59.3 Å². The summed E-state index contributed by atoms with van der Waals surface area (Å²) in [5.74, 6) is 0.162.